The summed E-state index contributed by atoms with van der Waals surface area (Å²) in [6, 6.07) is 17.0. The molecule has 2 aromatic carbocycles. The van der Waals surface area contributed by atoms with E-state index in [0.29, 0.717) is 12.2 Å². The van der Waals surface area contributed by atoms with Crippen LogP contribution in [0.15, 0.2) is 54.6 Å². The van der Waals surface area contributed by atoms with Crippen LogP contribution in [0.1, 0.15) is 5.56 Å². The van der Waals surface area contributed by atoms with Gasteiger partial charge in [0.2, 0.25) is 5.91 Å². The van der Waals surface area contributed by atoms with Crippen LogP contribution < -0.4 is 10.6 Å². The lowest BCUT2D eigenvalue weighted by molar-refractivity contribution is -0.116. The van der Waals surface area contributed by atoms with Crippen LogP contribution in [0.2, 0.25) is 0 Å². The van der Waals surface area contributed by atoms with E-state index < -0.39 is 0 Å². The Morgan fingerprint density at radius 3 is 2.47 bits per heavy atom. The molecular formula is C15H15ClN2O. The van der Waals surface area contributed by atoms with Crippen LogP contribution in [-0.2, 0) is 11.3 Å². The van der Waals surface area contributed by atoms with Gasteiger partial charge in [-0.25, -0.2) is 0 Å². The minimum Gasteiger partial charge on any atom is -0.399 e. The summed E-state index contributed by atoms with van der Waals surface area (Å²) in [5.74, 6) is -0.174. The predicted octanol–water partition coefficient (Wildman–Crippen LogP) is 3.04. The number of rotatable bonds is 4. The van der Waals surface area contributed by atoms with E-state index in [1.165, 1.54) is 0 Å². The Morgan fingerprint density at radius 1 is 1.11 bits per heavy atom. The molecule has 0 radical (unpaired) electrons. The topological polar surface area (TPSA) is 46.3 Å². The third-order valence-electron chi connectivity index (χ3n) is 2.77. The molecule has 4 heteroatoms. The molecule has 2 rings (SSSR count). The number of nitrogen functional groups attached to an aromatic ring is 1. The summed E-state index contributed by atoms with van der Waals surface area (Å²) in [4.78, 5) is 13.6. The van der Waals surface area contributed by atoms with Crippen molar-refractivity contribution in [1.29, 1.82) is 0 Å². The van der Waals surface area contributed by atoms with Gasteiger partial charge in [-0.05, 0) is 29.8 Å². The summed E-state index contributed by atoms with van der Waals surface area (Å²) in [5, 5.41) is 0. The molecule has 0 saturated heterocycles. The normalized spacial score (nSPS) is 10.2. The Kier molecular flexibility index (Phi) is 4.42. The highest BCUT2D eigenvalue weighted by atomic mass is 35.5. The molecule has 0 bridgehead atoms. The molecule has 0 heterocycles. The fraction of sp³-hybridized carbons (Fsp3) is 0.133. The van der Waals surface area contributed by atoms with E-state index in [2.05, 4.69) is 0 Å². The van der Waals surface area contributed by atoms with Gasteiger partial charge in [0, 0.05) is 11.4 Å². The number of carbonyl (C=O) groups excluding carboxylic acids is 1. The summed E-state index contributed by atoms with van der Waals surface area (Å²) in [6.07, 6.45) is 0. The van der Waals surface area contributed by atoms with Crippen LogP contribution in [0.3, 0.4) is 0 Å². The van der Waals surface area contributed by atoms with E-state index in [4.69, 9.17) is 17.3 Å². The van der Waals surface area contributed by atoms with Gasteiger partial charge in [0.1, 0.15) is 5.88 Å². The van der Waals surface area contributed by atoms with Crippen LogP contribution >= 0.6 is 11.6 Å². The molecule has 0 unspecified atom stereocenters. The van der Waals surface area contributed by atoms with Crippen LogP contribution in [0.25, 0.3) is 0 Å². The number of nitrogens with two attached hydrogens (primary N) is 1. The zero-order valence-electron chi connectivity index (χ0n) is 10.4. The summed E-state index contributed by atoms with van der Waals surface area (Å²) >= 11 is 5.68. The predicted molar refractivity (Wildman–Crippen MR) is 79.2 cm³/mol. The maximum atomic E-state index is 12.0. The van der Waals surface area contributed by atoms with Crippen molar-refractivity contribution in [2.75, 3.05) is 16.5 Å². The second-order valence-corrected chi connectivity index (χ2v) is 4.46. The number of halogens is 1. The van der Waals surface area contributed by atoms with Crippen LogP contribution in [-0.4, -0.2) is 11.8 Å². The molecule has 19 heavy (non-hydrogen) atoms. The van der Waals surface area contributed by atoms with Gasteiger partial charge in [-0.15, -0.1) is 11.6 Å². The number of hydrogen-bond acceptors (Lipinski definition) is 2. The molecule has 0 aliphatic heterocycles. The minimum absolute atomic E-state index is 0.0444. The number of benzene rings is 2. The highest BCUT2D eigenvalue weighted by molar-refractivity contribution is 6.29. The van der Waals surface area contributed by atoms with E-state index in [1.807, 2.05) is 54.6 Å². The molecule has 1 amide bonds. The van der Waals surface area contributed by atoms with Crippen LogP contribution in [0.5, 0.6) is 0 Å². The van der Waals surface area contributed by atoms with Gasteiger partial charge in [0.25, 0.3) is 0 Å². The molecule has 2 N–H and O–H groups in total. The molecule has 0 aliphatic rings. The van der Waals surface area contributed by atoms with E-state index in [9.17, 15) is 4.79 Å². The second kappa shape index (κ2) is 6.25. The van der Waals surface area contributed by atoms with Gasteiger partial charge in [0.05, 0.1) is 6.54 Å². The molecule has 3 nitrogen and oxygen atoms in total. The minimum atomic E-state index is -0.129. The first-order valence-corrected chi connectivity index (χ1v) is 6.50. The number of para-hydroxylation sites is 1. The lowest BCUT2D eigenvalue weighted by atomic mass is 10.1. The molecule has 2 aromatic rings. The van der Waals surface area contributed by atoms with E-state index in [0.717, 1.165) is 11.3 Å². The van der Waals surface area contributed by atoms with E-state index in [-0.39, 0.29) is 11.8 Å². The number of alkyl halides is 1. The number of amides is 1. The van der Waals surface area contributed by atoms with Crippen LogP contribution in [0.4, 0.5) is 11.4 Å². The van der Waals surface area contributed by atoms with Crippen molar-refractivity contribution in [3.8, 4) is 0 Å². The van der Waals surface area contributed by atoms with E-state index >= 15 is 0 Å². The van der Waals surface area contributed by atoms with Crippen molar-refractivity contribution in [2.24, 2.45) is 0 Å². The molecule has 0 fully saturated rings. The summed E-state index contributed by atoms with van der Waals surface area (Å²) in [5.41, 5.74) is 8.24. The maximum absolute atomic E-state index is 12.0. The Hall–Kier alpha value is -2.00. The number of nitrogens with zero attached hydrogens (tertiary/aromatic N) is 1. The average molecular weight is 275 g/mol. The molecule has 0 aliphatic carbocycles. The van der Waals surface area contributed by atoms with Gasteiger partial charge >= 0.3 is 0 Å². The smallest absolute Gasteiger partial charge is 0.242 e. The average Bonchev–Trinajstić information content (AvgIpc) is 2.45. The fourth-order valence-electron chi connectivity index (χ4n) is 1.88. The van der Waals surface area contributed by atoms with Crippen molar-refractivity contribution in [3.63, 3.8) is 0 Å². The Labute approximate surface area is 117 Å². The molecule has 0 aromatic heterocycles. The standard InChI is InChI=1S/C15H15ClN2O/c16-10-15(19)18(14-7-2-1-3-8-14)11-12-5-4-6-13(17)9-12/h1-9H,10-11,17H2. The van der Waals surface area contributed by atoms with Crippen molar-refractivity contribution in [3.05, 3.63) is 60.2 Å². The van der Waals surface area contributed by atoms with Crippen molar-refractivity contribution in [1.82, 2.24) is 0 Å². The molecule has 0 saturated carbocycles. The van der Waals surface area contributed by atoms with Crippen LogP contribution in [0, 0.1) is 0 Å². The second-order valence-electron chi connectivity index (χ2n) is 4.19. The van der Waals surface area contributed by atoms with E-state index in [1.54, 1.807) is 4.90 Å². The number of hydrogen-bond donors (Lipinski definition) is 1. The van der Waals surface area contributed by atoms with Gasteiger partial charge in [-0.3, -0.25) is 4.79 Å². The Balaban J connectivity index is 2.27. The third-order valence-corrected chi connectivity index (χ3v) is 3.00. The van der Waals surface area contributed by atoms with Gasteiger partial charge in [-0.1, -0.05) is 30.3 Å². The first kappa shape index (κ1) is 13.4. The zero-order chi connectivity index (χ0) is 13.7. The highest BCUT2D eigenvalue weighted by Gasteiger charge is 2.14. The Bertz CT molecular complexity index is 557. The Morgan fingerprint density at radius 2 is 1.84 bits per heavy atom. The number of anilines is 2. The lowest BCUT2D eigenvalue weighted by Crippen LogP contribution is -2.31. The fourth-order valence-corrected chi connectivity index (χ4v) is 2.02. The molecule has 98 valence electrons. The van der Waals surface area contributed by atoms with Gasteiger partial charge < -0.3 is 10.6 Å². The maximum Gasteiger partial charge on any atom is 0.242 e. The van der Waals surface area contributed by atoms with Gasteiger partial charge in [0.15, 0.2) is 0 Å². The SMILES string of the molecule is Nc1cccc(CN(C(=O)CCl)c2ccccc2)c1. The largest absolute Gasteiger partial charge is 0.399 e. The summed E-state index contributed by atoms with van der Waals surface area (Å²) in [6.45, 7) is 0.459. The quantitative estimate of drug-likeness (QED) is 0.688. The summed E-state index contributed by atoms with van der Waals surface area (Å²) in [7, 11) is 0. The molecule has 0 spiro atoms. The molecular weight excluding hydrogens is 260 g/mol. The highest BCUT2D eigenvalue weighted by Crippen LogP contribution is 2.18. The first-order valence-electron chi connectivity index (χ1n) is 5.96. The van der Waals surface area contributed by atoms with Crippen molar-refractivity contribution >= 4 is 28.9 Å². The molecule has 0 atom stereocenters. The first-order chi connectivity index (χ1) is 9.20. The van der Waals surface area contributed by atoms with Crippen molar-refractivity contribution < 1.29 is 4.79 Å². The van der Waals surface area contributed by atoms with Crippen molar-refractivity contribution in [2.45, 2.75) is 6.54 Å². The third kappa shape index (κ3) is 3.48. The summed E-state index contributed by atoms with van der Waals surface area (Å²) < 4.78 is 0. The lowest BCUT2D eigenvalue weighted by Gasteiger charge is -2.22. The monoisotopic (exact) mass is 274 g/mol. The van der Waals surface area contributed by atoms with Gasteiger partial charge in [-0.2, -0.15) is 0 Å². The number of carbonyl (C=O) groups is 1. The zero-order valence-corrected chi connectivity index (χ0v) is 11.2.